The van der Waals surface area contributed by atoms with E-state index < -0.39 is 11.9 Å². The molecule has 0 unspecified atom stereocenters. The molecule has 0 radical (unpaired) electrons. The van der Waals surface area contributed by atoms with Crippen molar-refractivity contribution in [2.45, 2.75) is 32.6 Å². The maximum Gasteiger partial charge on any atom is 0.307 e. The monoisotopic (exact) mass is 282 g/mol. The summed E-state index contributed by atoms with van der Waals surface area (Å²) in [6.07, 6.45) is 1.16. The molecule has 6 heteroatoms. The number of nitrogens with one attached hydrogen (secondary N) is 1. The summed E-state index contributed by atoms with van der Waals surface area (Å²) in [4.78, 5) is 26.8. The Morgan fingerprint density at radius 3 is 2.79 bits per heavy atom. The number of amides is 1. The molecule has 0 saturated heterocycles. The van der Waals surface area contributed by atoms with Gasteiger partial charge in [-0.05, 0) is 6.42 Å². The third-order valence-corrected chi connectivity index (χ3v) is 4.38. The summed E-state index contributed by atoms with van der Waals surface area (Å²) in [6, 6.07) is 0. The molecule has 0 aromatic carbocycles. The quantitative estimate of drug-likeness (QED) is 0.831. The van der Waals surface area contributed by atoms with Crippen LogP contribution in [0.3, 0.4) is 0 Å². The summed E-state index contributed by atoms with van der Waals surface area (Å²) in [5.74, 6) is -1.41. The van der Waals surface area contributed by atoms with Crippen molar-refractivity contribution in [3.63, 3.8) is 0 Å². The highest BCUT2D eigenvalue weighted by atomic mass is 32.1. The van der Waals surface area contributed by atoms with Gasteiger partial charge in [0, 0.05) is 24.3 Å². The lowest BCUT2D eigenvalue weighted by Crippen LogP contribution is -2.28. The van der Waals surface area contributed by atoms with Gasteiger partial charge in [-0.25, -0.2) is 4.98 Å². The molecule has 0 aliphatic heterocycles. The third kappa shape index (κ3) is 3.53. The molecule has 2 N–H and O–H groups in total. The molecule has 1 aromatic rings. The highest BCUT2D eigenvalue weighted by Gasteiger charge is 2.48. The van der Waals surface area contributed by atoms with Crippen molar-refractivity contribution < 1.29 is 14.7 Å². The van der Waals surface area contributed by atoms with Crippen LogP contribution >= 0.6 is 11.3 Å². The Kier molecular flexibility index (Phi) is 4.19. The maximum absolute atomic E-state index is 11.6. The first-order valence-corrected chi connectivity index (χ1v) is 7.31. The van der Waals surface area contributed by atoms with E-state index in [1.807, 2.05) is 5.38 Å². The first kappa shape index (κ1) is 14.0. The fourth-order valence-corrected chi connectivity index (χ4v) is 2.77. The average molecular weight is 282 g/mol. The standard InChI is InChI=1S/C13H18N2O3S/c1-7(2)12-15-8(6-19-12)3-4-14-11(16)9-5-10(9)13(17)18/h6-7,9-10H,3-5H2,1-2H3,(H,14,16)(H,17,18)/t9-,10-/m0/s1. The summed E-state index contributed by atoms with van der Waals surface area (Å²) in [6.45, 7) is 4.72. The van der Waals surface area contributed by atoms with E-state index in [1.54, 1.807) is 11.3 Å². The summed E-state index contributed by atoms with van der Waals surface area (Å²) in [5, 5.41) is 14.6. The van der Waals surface area contributed by atoms with Crippen LogP contribution in [0.15, 0.2) is 5.38 Å². The van der Waals surface area contributed by atoms with Crippen molar-refractivity contribution in [1.29, 1.82) is 0 Å². The Labute approximate surface area is 116 Å². The van der Waals surface area contributed by atoms with Gasteiger partial charge in [0.05, 0.1) is 22.5 Å². The topological polar surface area (TPSA) is 79.3 Å². The summed E-state index contributed by atoms with van der Waals surface area (Å²) < 4.78 is 0. The predicted molar refractivity (Wildman–Crippen MR) is 72.1 cm³/mol. The fraction of sp³-hybridized carbons (Fsp3) is 0.615. The Bertz CT molecular complexity index is 484. The molecule has 19 heavy (non-hydrogen) atoms. The molecule has 0 spiro atoms. The summed E-state index contributed by atoms with van der Waals surface area (Å²) >= 11 is 1.64. The van der Waals surface area contributed by atoms with Gasteiger partial charge in [0.15, 0.2) is 0 Å². The predicted octanol–water partition coefficient (Wildman–Crippen LogP) is 1.65. The molecule has 0 bridgehead atoms. The molecule has 2 atom stereocenters. The van der Waals surface area contributed by atoms with Crippen LogP contribution in [-0.4, -0.2) is 28.5 Å². The van der Waals surface area contributed by atoms with Gasteiger partial charge in [0.1, 0.15) is 0 Å². The second-order valence-corrected chi connectivity index (χ2v) is 6.05. The summed E-state index contributed by atoms with van der Waals surface area (Å²) in [7, 11) is 0. The molecular formula is C13H18N2O3S. The Morgan fingerprint density at radius 1 is 1.53 bits per heavy atom. The number of carbonyl (C=O) groups is 2. The first-order chi connectivity index (χ1) is 8.99. The van der Waals surface area contributed by atoms with E-state index in [9.17, 15) is 9.59 Å². The number of carboxylic acid groups (broad SMARTS) is 1. The first-order valence-electron chi connectivity index (χ1n) is 6.44. The molecule has 1 aliphatic carbocycles. The van der Waals surface area contributed by atoms with E-state index >= 15 is 0 Å². The highest BCUT2D eigenvalue weighted by Crippen LogP contribution is 2.38. The second kappa shape index (κ2) is 5.69. The number of hydrogen-bond acceptors (Lipinski definition) is 4. The highest BCUT2D eigenvalue weighted by molar-refractivity contribution is 7.09. The van der Waals surface area contributed by atoms with Crippen molar-refractivity contribution in [2.24, 2.45) is 11.8 Å². The molecule has 1 saturated carbocycles. The van der Waals surface area contributed by atoms with Crippen molar-refractivity contribution in [2.75, 3.05) is 6.54 Å². The van der Waals surface area contributed by atoms with Crippen molar-refractivity contribution in [3.05, 3.63) is 16.1 Å². The van der Waals surface area contributed by atoms with E-state index in [2.05, 4.69) is 24.1 Å². The van der Waals surface area contributed by atoms with Crippen molar-refractivity contribution >= 4 is 23.2 Å². The third-order valence-electron chi connectivity index (χ3n) is 3.19. The molecule has 2 rings (SSSR count). The van der Waals surface area contributed by atoms with Crippen LogP contribution in [0.4, 0.5) is 0 Å². The average Bonchev–Trinajstić information content (AvgIpc) is 3.02. The number of rotatable bonds is 6. The zero-order chi connectivity index (χ0) is 14.0. The van der Waals surface area contributed by atoms with Crippen molar-refractivity contribution in [1.82, 2.24) is 10.3 Å². The number of carboxylic acids is 1. The molecule has 1 aliphatic rings. The molecule has 1 amide bonds. The van der Waals surface area contributed by atoms with E-state index in [1.165, 1.54) is 0 Å². The zero-order valence-corrected chi connectivity index (χ0v) is 11.9. The van der Waals surface area contributed by atoms with Gasteiger partial charge in [-0.15, -0.1) is 11.3 Å². The van der Waals surface area contributed by atoms with Crippen LogP contribution in [0.1, 0.15) is 36.9 Å². The van der Waals surface area contributed by atoms with E-state index in [4.69, 9.17) is 5.11 Å². The molecule has 1 aromatic heterocycles. The normalized spacial score (nSPS) is 21.4. The molecule has 1 fully saturated rings. The molecule has 104 valence electrons. The van der Waals surface area contributed by atoms with Gasteiger partial charge < -0.3 is 10.4 Å². The van der Waals surface area contributed by atoms with E-state index in [0.29, 0.717) is 25.3 Å². The number of carbonyl (C=O) groups excluding carboxylic acids is 1. The van der Waals surface area contributed by atoms with Crippen LogP contribution in [0.5, 0.6) is 0 Å². The minimum atomic E-state index is -0.874. The zero-order valence-electron chi connectivity index (χ0n) is 11.0. The van der Waals surface area contributed by atoms with Gasteiger partial charge in [-0.3, -0.25) is 9.59 Å². The second-order valence-electron chi connectivity index (χ2n) is 5.16. The summed E-state index contributed by atoms with van der Waals surface area (Å²) in [5.41, 5.74) is 0.986. The van der Waals surface area contributed by atoms with Gasteiger partial charge in [-0.2, -0.15) is 0 Å². The maximum atomic E-state index is 11.6. The van der Waals surface area contributed by atoms with Crippen LogP contribution in [0.2, 0.25) is 0 Å². The van der Waals surface area contributed by atoms with Crippen LogP contribution in [-0.2, 0) is 16.0 Å². The van der Waals surface area contributed by atoms with Crippen LogP contribution in [0.25, 0.3) is 0 Å². The number of aromatic nitrogens is 1. The van der Waals surface area contributed by atoms with E-state index in [-0.39, 0.29) is 11.8 Å². The largest absolute Gasteiger partial charge is 0.481 e. The van der Waals surface area contributed by atoms with Gasteiger partial charge >= 0.3 is 5.97 Å². The minimum Gasteiger partial charge on any atom is -0.481 e. The van der Waals surface area contributed by atoms with Gasteiger partial charge in [-0.1, -0.05) is 13.8 Å². The Hall–Kier alpha value is -1.43. The van der Waals surface area contributed by atoms with E-state index in [0.717, 1.165) is 10.7 Å². The molecule has 1 heterocycles. The molecule has 5 nitrogen and oxygen atoms in total. The molecular weight excluding hydrogens is 264 g/mol. The minimum absolute atomic E-state index is 0.147. The Balaban J connectivity index is 1.72. The lowest BCUT2D eigenvalue weighted by molar-refractivity contribution is -0.140. The fourth-order valence-electron chi connectivity index (χ4n) is 1.91. The van der Waals surface area contributed by atoms with Gasteiger partial charge in [0.2, 0.25) is 5.91 Å². The smallest absolute Gasteiger partial charge is 0.307 e. The van der Waals surface area contributed by atoms with Gasteiger partial charge in [0.25, 0.3) is 0 Å². The van der Waals surface area contributed by atoms with Crippen LogP contribution < -0.4 is 5.32 Å². The number of nitrogens with zero attached hydrogens (tertiary/aromatic N) is 1. The lowest BCUT2D eigenvalue weighted by Gasteiger charge is -2.02. The number of hydrogen-bond donors (Lipinski definition) is 2. The number of thiazole rings is 1. The lowest BCUT2D eigenvalue weighted by atomic mass is 10.2. The Morgan fingerprint density at radius 2 is 2.26 bits per heavy atom. The van der Waals surface area contributed by atoms with Crippen LogP contribution in [0, 0.1) is 11.8 Å². The SMILES string of the molecule is CC(C)c1nc(CCNC(=O)[C@H]2C[C@@H]2C(=O)O)cs1. The van der Waals surface area contributed by atoms with Crippen molar-refractivity contribution in [3.8, 4) is 0 Å². The number of aliphatic carboxylic acids is 1.